The van der Waals surface area contributed by atoms with Crippen molar-refractivity contribution in [1.82, 2.24) is 19.7 Å². The third-order valence-electron chi connectivity index (χ3n) is 4.54. The first-order valence-electron chi connectivity index (χ1n) is 7.74. The fraction of sp³-hybridized carbons (Fsp3) is 0.667. The summed E-state index contributed by atoms with van der Waals surface area (Å²) < 4.78 is 13.4. The fourth-order valence-electron chi connectivity index (χ4n) is 3.38. The Labute approximate surface area is 129 Å². The SMILES string of the molecule is CCOC1(OC)CCC(n2nc(C)c3c(N)ncnc32)CC1. The lowest BCUT2D eigenvalue weighted by Gasteiger charge is -2.38. The topological polar surface area (TPSA) is 88.1 Å². The summed E-state index contributed by atoms with van der Waals surface area (Å²) in [5.41, 5.74) is 7.65. The number of hydrogen-bond donors (Lipinski definition) is 1. The molecule has 2 aromatic rings. The molecule has 2 N–H and O–H groups in total. The van der Waals surface area contributed by atoms with Gasteiger partial charge in [0.05, 0.1) is 17.1 Å². The van der Waals surface area contributed by atoms with Crippen LogP contribution in [0.15, 0.2) is 6.33 Å². The zero-order valence-corrected chi connectivity index (χ0v) is 13.4. The molecule has 22 heavy (non-hydrogen) atoms. The van der Waals surface area contributed by atoms with Crippen LogP contribution in [0.25, 0.3) is 11.0 Å². The molecule has 0 aliphatic heterocycles. The number of hydrogen-bond acceptors (Lipinski definition) is 6. The van der Waals surface area contributed by atoms with Crippen LogP contribution in [0.4, 0.5) is 5.82 Å². The smallest absolute Gasteiger partial charge is 0.168 e. The molecule has 1 aliphatic rings. The summed E-state index contributed by atoms with van der Waals surface area (Å²) >= 11 is 0. The molecule has 0 unspecified atom stereocenters. The van der Waals surface area contributed by atoms with Crippen LogP contribution in [0.5, 0.6) is 0 Å². The summed E-state index contributed by atoms with van der Waals surface area (Å²) in [5, 5.41) is 5.50. The maximum absolute atomic E-state index is 5.96. The monoisotopic (exact) mass is 305 g/mol. The summed E-state index contributed by atoms with van der Waals surface area (Å²) in [5.74, 6) is 0.0437. The highest BCUT2D eigenvalue weighted by Crippen LogP contribution is 2.39. The Bertz CT molecular complexity index is 661. The van der Waals surface area contributed by atoms with Crippen LogP contribution in [-0.2, 0) is 9.47 Å². The summed E-state index contributed by atoms with van der Waals surface area (Å²) in [6.45, 7) is 4.60. The third kappa shape index (κ3) is 2.44. The first-order chi connectivity index (χ1) is 10.6. The Morgan fingerprint density at radius 1 is 1.36 bits per heavy atom. The van der Waals surface area contributed by atoms with E-state index in [1.54, 1.807) is 7.11 Å². The molecule has 1 aliphatic carbocycles. The van der Waals surface area contributed by atoms with Gasteiger partial charge in [0.15, 0.2) is 11.4 Å². The number of aryl methyl sites for hydroxylation is 1. The molecule has 7 heteroatoms. The van der Waals surface area contributed by atoms with Crippen LogP contribution in [0.1, 0.15) is 44.3 Å². The predicted octanol–water partition coefficient (Wildman–Crippen LogP) is 2.21. The number of rotatable bonds is 4. The minimum absolute atomic E-state index is 0.286. The predicted molar refractivity (Wildman–Crippen MR) is 83.3 cm³/mol. The quantitative estimate of drug-likeness (QED) is 0.871. The fourth-order valence-corrected chi connectivity index (χ4v) is 3.38. The number of methoxy groups -OCH3 is 1. The largest absolute Gasteiger partial charge is 0.383 e. The van der Waals surface area contributed by atoms with Gasteiger partial charge in [0.1, 0.15) is 12.1 Å². The van der Waals surface area contributed by atoms with Gasteiger partial charge in [-0.25, -0.2) is 14.6 Å². The lowest BCUT2D eigenvalue weighted by Crippen LogP contribution is -2.39. The minimum atomic E-state index is -0.447. The first-order valence-corrected chi connectivity index (χ1v) is 7.74. The van der Waals surface area contributed by atoms with Crippen molar-refractivity contribution < 1.29 is 9.47 Å². The van der Waals surface area contributed by atoms with E-state index in [0.717, 1.165) is 42.4 Å². The van der Waals surface area contributed by atoms with Crippen molar-refractivity contribution in [3.8, 4) is 0 Å². The number of nitrogens with zero attached hydrogens (tertiary/aromatic N) is 4. The second kappa shape index (κ2) is 5.81. The zero-order valence-electron chi connectivity index (χ0n) is 13.4. The van der Waals surface area contributed by atoms with Crippen molar-refractivity contribution in [2.75, 3.05) is 19.5 Å². The van der Waals surface area contributed by atoms with E-state index in [-0.39, 0.29) is 6.04 Å². The summed E-state index contributed by atoms with van der Waals surface area (Å²) in [4.78, 5) is 8.44. The molecule has 0 bridgehead atoms. The molecule has 0 aromatic carbocycles. The summed E-state index contributed by atoms with van der Waals surface area (Å²) in [6, 6.07) is 0.286. The summed E-state index contributed by atoms with van der Waals surface area (Å²) in [7, 11) is 1.72. The van der Waals surface area contributed by atoms with Gasteiger partial charge in [-0.3, -0.25) is 0 Å². The van der Waals surface area contributed by atoms with E-state index in [2.05, 4.69) is 15.1 Å². The van der Waals surface area contributed by atoms with Gasteiger partial charge in [-0.1, -0.05) is 0 Å². The van der Waals surface area contributed by atoms with Crippen molar-refractivity contribution in [3.05, 3.63) is 12.0 Å². The van der Waals surface area contributed by atoms with E-state index >= 15 is 0 Å². The number of nitrogen functional groups attached to an aromatic ring is 1. The van der Waals surface area contributed by atoms with Crippen LogP contribution < -0.4 is 5.73 Å². The summed E-state index contributed by atoms with van der Waals surface area (Å²) in [6.07, 6.45) is 5.08. The minimum Gasteiger partial charge on any atom is -0.383 e. The average molecular weight is 305 g/mol. The molecule has 1 saturated carbocycles. The normalized spacial score (nSPS) is 25.7. The molecule has 0 atom stereocenters. The van der Waals surface area contributed by atoms with E-state index < -0.39 is 5.79 Å². The van der Waals surface area contributed by atoms with E-state index in [4.69, 9.17) is 15.2 Å². The van der Waals surface area contributed by atoms with Crippen molar-refractivity contribution in [3.63, 3.8) is 0 Å². The van der Waals surface area contributed by atoms with Gasteiger partial charge >= 0.3 is 0 Å². The van der Waals surface area contributed by atoms with Gasteiger partial charge in [-0.05, 0) is 26.7 Å². The molecule has 1 fully saturated rings. The standard InChI is InChI=1S/C15H23N5O2/c1-4-22-15(21-3)7-5-11(6-8-15)20-14-12(10(2)19-20)13(16)17-9-18-14/h9,11H,4-8H2,1-3H3,(H2,16,17,18). The molecular weight excluding hydrogens is 282 g/mol. The van der Waals surface area contributed by atoms with Gasteiger partial charge in [0.25, 0.3) is 0 Å². The Morgan fingerprint density at radius 2 is 2.09 bits per heavy atom. The lowest BCUT2D eigenvalue weighted by atomic mass is 9.90. The highest BCUT2D eigenvalue weighted by molar-refractivity contribution is 5.87. The average Bonchev–Trinajstić information content (AvgIpc) is 2.87. The molecule has 0 radical (unpaired) electrons. The van der Waals surface area contributed by atoms with Crippen LogP contribution in [0.2, 0.25) is 0 Å². The highest BCUT2D eigenvalue weighted by Gasteiger charge is 2.37. The van der Waals surface area contributed by atoms with Gasteiger partial charge < -0.3 is 15.2 Å². The first kappa shape index (κ1) is 15.2. The molecule has 3 rings (SSSR count). The Kier molecular flexibility index (Phi) is 4.01. The maximum Gasteiger partial charge on any atom is 0.168 e. The van der Waals surface area contributed by atoms with Gasteiger partial charge in [-0.15, -0.1) is 0 Å². The van der Waals surface area contributed by atoms with Crippen molar-refractivity contribution in [2.45, 2.75) is 51.4 Å². The third-order valence-corrected chi connectivity index (χ3v) is 4.54. The zero-order chi connectivity index (χ0) is 15.7. The van der Waals surface area contributed by atoms with Crippen molar-refractivity contribution >= 4 is 16.9 Å². The second-order valence-corrected chi connectivity index (χ2v) is 5.77. The Balaban J connectivity index is 1.87. The molecular formula is C15H23N5O2. The highest BCUT2D eigenvalue weighted by atomic mass is 16.7. The van der Waals surface area contributed by atoms with Crippen molar-refractivity contribution in [2.24, 2.45) is 0 Å². The van der Waals surface area contributed by atoms with E-state index in [0.29, 0.717) is 12.4 Å². The molecule has 0 saturated heterocycles. The van der Waals surface area contributed by atoms with Crippen molar-refractivity contribution in [1.29, 1.82) is 0 Å². The molecule has 2 heterocycles. The van der Waals surface area contributed by atoms with Gasteiger partial charge in [0, 0.05) is 26.6 Å². The molecule has 0 amide bonds. The number of anilines is 1. The molecule has 2 aromatic heterocycles. The van der Waals surface area contributed by atoms with Crippen LogP contribution in [0.3, 0.4) is 0 Å². The number of fused-ring (bicyclic) bond motifs is 1. The number of nitrogens with two attached hydrogens (primary N) is 1. The molecule has 7 nitrogen and oxygen atoms in total. The number of aromatic nitrogens is 4. The van der Waals surface area contributed by atoms with Crippen LogP contribution in [-0.4, -0.2) is 39.3 Å². The van der Waals surface area contributed by atoms with Crippen LogP contribution in [0, 0.1) is 6.92 Å². The van der Waals surface area contributed by atoms with Gasteiger partial charge in [0.2, 0.25) is 0 Å². The number of ether oxygens (including phenoxy) is 2. The second-order valence-electron chi connectivity index (χ2n) is 5.77. The Hall–Kier alpha value is -1.73. The van der Waals surface area contributed by atoms with E-state index in [1.807, 2.05) is 18.5 Å². The van der Waals surface area contributed by atoms with E-state index in [9.17, 15) is 0 Å². The van der Waals surface area contributed by atoms with E-state index in [1.165, 1.54) is 6.33 Å². The van der Waals surface area contributed by atoms with Gasteiger partial charge in [-0.2, -0.15) is 5.10 Å². The maximum atomic E-state index is 5.96. The Morgan fingerprint density at radius 3 is 2.73 bits per heavy atom. The molecule has 120 valence electrons. The molecule has 0 spiro atoms. The lowest BCUT2D eigenvalue weighted by molar-refractivity contribution is -0.239. The van der Waals surface area contributed by atoms with Crippen LogP contribution >= 0.6 is 0 Å².